The number of aromatic nitrogens is 2. The Labute approximate surface area is 160 Å². The molecule has 1 atom stereocenters. The van der Waals surface area contributed by atoms with Gasteiger partial charge in [-0.3, -0.25) is 14.2 Å². The Kier molecular flexibility index (Phi) is 8.45. The van der Waals surface area contributed by atoms with Gasteiger partial charge in [0.2, 0.25) is 0 Å². The molecule has 0 aliphatic heterocycles. The number of ether oxygens (including phenoxy) is 1. The zero-order valence-corrected chi connectivity index (χ0v) is 16.7. The molecule has 0 radical (unpaired) electrons. The predicted molar refractivity (Wildman–Crippen MR) is 107 cm³/mol. The van der Waals surface area contributed by atoms with E-state index < -0.39 is 0 Å². The van der Waals surface area contributed by atoms with E-state index in [0.29, 0.717) is 24.8 Å². The average molecular weight is 375 g/mol. The number of rotatable bonds is 11. The molecule has 0 spiro atoms. The molecule has 6 nitrogen and oxygen atoms in total. The van der Waals surface area contributed by atoms with Gasteiger partial charge in [-0.15, -0.1) is 0 Å². The summed E-state index contributed by atoms with van der Waals surface area (Å²) in [5, 5.41) is 2.87. The van der Waals surface area contributed by atoms with E-state index in [2.05, 4.69) is 19.2 Å². The minimum atomic E-state index is -0.256. The molecule has 0 saturated heterocycles. The number of carbonyl (C=O) groups is 1. The molecule has 2 N–H and O–H groups in total. The van der Waals surface area contributed by atoms with Crippen molar-refractivity contribution >= 4 is 16.9 Å². The molecule has 0 fully saturated rings. The molecule has 0 aliphatic rings. The van der Waals surface area contributed by atoms with Crippen LogP contribution in [-0.4, -0.2) is 29.2 Å². The zero-order valence-electron chi connectivity index (χ0n) is 16.7. The molecule has 1 aromatic carbocycles. The van der Waals surface area contributed by atoms with Crippen LogP contribution in [0.15, 0.2) is 29.1 Å². The van der Waals surface area contributed by atoms with Crippen LogP contribution in [0.5, 0.6) is 0 Å². The standard InChI is InChI=1S/C21H31N3O3/c1-4-5-6-9-14-22-16(2)20-23-18-12-8-7-11-17(18)21(26)24(20)15-10-13-19(25)27-3/h7-8,11-12,16,22H,4-6,9-10,13-15H2,1-3H3/p+1/t16-/m1/s1. The molecule has 1 heterocycles. The first kappa shape index (κ1) is 21.1. The van der Waals surface area contributed by atoms with Crippen LogP contribution in [0.3, 0.4) is 0 Å². The monoisotopic (exact) mass is 374 g/mol. The maximum Gasteiger partial charge on any atom is 0.305 e. The molecule has 6 heteroatoms. The van der Waals surface area contributed by atoms with Gasteiger partial charge in [0, 0.05) is 13.0 Å². The highest BCUT2D eigenvalue weighted by Gasteiger charge is 2.18. The highest BCUT2D eigenvalue weighted by Crippen LogP contribution is 2.12. The molecule has 148 valence electrons. The third-order valence-electron chi connectivity index (χ3n) is 4.87. The number of carbonyl (C=O) groups excluding carboxylic acids is 1. The smallest absolute Gasteiger partial charge is 0.305 e. The van der Waals surface area contributed by atoms with E-state index in [4.69, 9.17) is 9.72 Å². The van der Waals surface area contributed by atoms with E-state index in [9.17, 15) is 9.59 Å². The molecular weight excluding hydrogens is 342 g/mol. The van der Waals surface area contributed by atoms with Crippen LogP contribution in [-0.2, 0) is 16.1 Å². The molecule has 2 aromatic rings. The number of unbranched alkanes of at least 4 members (excludes halogenated alkanes) is 3. The number of hydrogen-bond acceptors (Lipinski definition) is 4. The number of esters is 1. The maximum atomic E-state index is 13.0. The first-order valence-electron chi connectivity index (χ1n) is 9.98. The highest BCUT2D eigenvalue weighted by atomic mass is 16.5. The Morgan fingerprint density at radius 2 is 2.00 bits per heavy atom. The lowest BCUT2D eigenvalue weighted by Crippen LogP contribution is -2.85. The first-order valence-corrected chi connectivity index (χ1v) is 9.98. The van der Waals surface area contributed by atoms with Gasteiger partial charge in [-0.1, -0.05) is 31.9 Å². The van der Waals surface area contributed by atoms with Crippen molar-refractivity contribution in [1.29, 1.82) is 0 Å². The Hall–Kier alpha value is -2.21. The van der Waals surface area contributed by atoms with Crippen molar-refractivity contribution in [1.82, 2.24) is 9.55 Å². The average Bonchev–Trinajstić information content (AvgIpc) is 2.69. The molecule has 0 unspecified atom stereocenters. The quantitative estimate of drug-likeness (QED) is 0.484. The van der Waals surface area contributed by atoms with Gasteiger partial charge >= 0.3 is 5.97 Å². The molecule has 1 aromatic heterocycles. The summed E-state index contributed by atoms with van der Waals surface area (Å²) in [5.41, 5.74) is 0.694. The molecular formula is C21H32N3O3+. The van der Waals surface area contributed by atoms with Crippen LogP contribution >= 0.6 is 0 Å². The number of nitrogens with zero attached hydrogens (tertiary/aromatic N) is 2. The number of fused-ring (bicyclic) bond motifs is 1. The highest BCUT2D eigenvalue weighted by molar-refractivity contribution is 5.77. The zero-order chi connectivity index (χ0) is 19.6. The van der Waals surface area contributed by atoms with Gasteiger partial charge < -0.3 is 10.1 Å². The number of nitrogens with two attached hydrogens (primary N) is 1. The fourth-order valence-electron chi connectivity index (χ4n) is 3.28. The summed E-state index contributed by atoms with van der Waals surface area (Å²) < 4.78 is 6.44. The topological polar surface area (TPSA) is 77.8 Å². The van der Waals surface area contributed by atoms with Gasteiger partial charge in [0.25, 0.3) is 5.56 Å². The van der Waals surface area contributed by atoms with E-state index in [1.165, 1.54) is 32.8 Å². The van der Waals surface area contributed by atoms with E-state index in [-0.39, 0.29) is 17.6 Å². The number of hydrogen-bond donors (Lipinski definition) is 1. The van der Waals surface area contributed by atoms with Crippen molar-refractivity contribution in [2.24, 2.45) is 0 Å². The van der Waals surface area contributed by atoms with Crippen molar-refractivity contribution in [2.45, 2.75) is 65.0 Å². The second-order valence-electron chi connectivity index (χ2n) is 7.00. The van der Waals surface area contributed by atoms with Gasteiger partial charge in [-0.2, -0.15) is 0 Å². The molecule has 0 aliphatic carbocycles. The van der Waals surface area contributed by atoms with Crippen LogP contribution in [0.25, 0.3) is 10.9 Å². The van der Waals surface area contributed by atoms with Gasteiger partial charge in [-0.25, -0.2) is 4.98 Å². The number of para-hydroxylation sites is 1. The Morgan fingerprint density at radius 1 is 1.22 bits per heavy atom. The summed E-state index contributed by atoms with van der Waals surface area (Å²) in [6.45, 7) is 5.78. The van der Waals surface area contributed by atoms with Crippen LogP contribution < -0.4 is 10.9 Å². The van der Waals surface area contributed by atoms with Gasteiger partial charge in [0.1, 0.15) is 6.04 Å². The van der Waals surface area contributed by atoms with Gasteiger partial charge in [0.15, 0.2) is 5.82 Å². The van der Waals surface area contributed by atoms with Crippen LogP contribution in [0.4, 0.5) is 0 Å². The Balaban J connectivity index is 2.21. The lowest BCUT2D eigenvalue weighted by Gasteiger charge is -2.17. The maximum absolute atomic E-state index is 13.0. The minimum absolute atomic E-state index is 0.0355. The van der Waals surface area contributed by atoms with Crippen molar-refractivity contribution in [3.05, 3.63) is 40.4 Å². The lowest BCUT2D eigenvalue weighted by atomic mass is 10.2. The number of benzene rings is 1. The minimum Gasteiger partial charge on any atom is -0.469 e. The molecule has 0 bridgehead atoms. The summed E-state index contributed by atoms with van der Waals surface area (Å²) in [7, 11) is 1.38. The lowest BCUT2D eigenvalue weighted by molar-refractivity contribution is -0.694. The first-order chi connectivity index (χ1) is 13.1. The summed E-state index contributed by atoms with van der Waals surface area (Å²) in [4.78, 5) is 29.2. The largest absolute Gasteiger partial charge is 0.469 e. The van der Waals surface area contributed by atoms with E-state index in [1.54, 1.807) is 4.57 Å². The Bertz CT molecular complexity index is 801. The van der Waals surface area contributed by atoms with Crippen molar-refractivity contribution < 1.29 is 14.8 Å². The molecule has 0 amide bonds. The molecule has 27 heavy (non-hydrogen) atoms. The van der Waals surface area contributed by atoms with E-state index in [0.717, 1.165) is 17.9 Å². The van der Waals surface area contributed by atoms with Crippen LogP contribution in [0.2, 0.25) is 0 Å². The number of quaternary nitrogens is 1. The van der Waals surface area contributed by atoms with E-state index in [1.807, 2.05) is 24.3 Å². The van der Waals surface area contributed by atoms with Crippen LogP contribution in [0.1, 0.15) is 64.2 Å². The summed E-state index contributed by atoms with van der Waals surface area (Å²) in [6, 6.07) is 7.53. The number of methoxy groups -OCH3 is 1. The SMILES string of the molecule is CCCCCC[NH2+][C@H](C)c1nc2ccccc2c(=O)n1CCCC(=O)OC. The van der Waals surface area contributed by atoms with Crippen LogP contribution in [0, 0.1) is 0 Å². The van der Waals surface area contributed by atoms with Gasteiger partial charge in [0.05, 0.1) is 24.6 Å². The normalized spacial score (nSPS) is 12.3. The summed E-state index contributed by atoms with van der Waals surface area (Å²) in [6.07, 6.45) is 5.73. The fourth-order valence-corrected chi connectivity index (χ4v) is 3.28. The second kappa shape index (κ2) is 10.8. The second-order valence-corrected chi connectivity index (χ2v) is 7.00. The third kappa shape index (κ3) is 5.89. The van der Waals surface area contributed by atoms with Crippen molar-refractivity contribution in [3.8, 4) is 0 Å². The Morgan fingerprint density at radius 3 is 2.74 bits per heavy atom. The van der Waals surface area contributed by atoms with E-state index >= 15 is 0 Å². The van der Waals surface area contributed by atoms with Crippen molar-refractivity contribution in [3.63, 3.8) is 0 Å². The predicted octanol–water partition coefficient (Wildman–Crippen LogP) is 2.55. The molecule has 2 rings (SSSR count). The summed E-state index contributed by atoms with van der Waals surface area (Å²) in [5.74, 6) is 0.521. The molecule has 0 saturated carbocycles. The fraction of sp³-hybridized carbons (Fsp3) is 0.571. The van der Waals surface area contributed by atoms with Crippen molar-refractivity contribution in [2.75, 3.05) is 13.7 Å². The van der Waals surface area contributed by atoms with Gasteiger partial charge in [-0.05, 0) is 38.3 Å². The summed E-state index contributed by atoms with van der Waals surface area (Å²) >= 11 is 0. The third-order valence-corrected chi connectivity index (χ3v) is 4.87.